The molecule has 13 heteroatoms. The number of carbonyl (C=O) groups is 2. The Balaban J connectivity index is 1.55. The minimum atomic E-state index is -4.74. The number of aromatic nitrogens is 3. The SMILES string of the molecule is COc1cc(C=C2SC(=O)N(CCn3cncn3)C2=O)ccc1Oc1ccc(C#N)cc1C(F)(F)F. The van der Waals surface area contributed by atoms with Crippen LogP contribution in [0.1, 0.15) is 16.7 Å². The Hall–Kier alpha value is -4.31. The Kier molecular flexibility index (Phi) is 6.98. The van der Waals surface area contributed by atoms with Crippen molar-refractivity contribution in [3.63, 3.8) is 0 Å². The maximum absolute atomic E-state index is 13.5. The van der Waals surface area contributed by atoms with E-state index in [0.717, 1.165) is 22.7 Å². The lowest BCUT2D eigenvalue weighted by molar-refractivity contribution is -0.138. The van der Waals surface area contributed by atoms with E-state index < -0.39 is 28.6 Å². The van der Waals surface area contributed by atoms with E-state index in [1.54, 1.807) is 6.07 Å². The molecule has 0 spiro atoms. The highest BCUT2D eigenvalue weighted by Gasteiger charge is 2.36. The van der Waals surface area contributed by atoms with Crippen molar-refractivity contribution in [1.82, 2.24) is 19.7 Å². The fraction of sp³-hybridized carbons (Fsp3) is 0.174. The van der Waals surface area contributed by atoms with Crippen molar-refractivity contribution >= 4 is 29.0 Å². The predicted molar refractivity (Wildman–Crippen MR) is 122 cm³/mol. The molecule has 2 amide bonds. The summed E-state index contributed by atoms with van der Waals surface area (Å²) in [4.78, 5) is 30.1. The van der Waals surface area contributed by atoms with Crippen molar-refractivity contribution in [2.75, 3.05) is 13.7 Å². The van der Waals surface area contributed by atoms with E-state index in [1.807, 2.05) is 0 Å². The third kappa shape index (κ3) is 5.33. The number of benzene rings is 2. The Morgan fingerprint density at radius 1 is 1.11 bits per heavy atom. The molecule has 0 aliphatic carbocycles. The zero-order valence-corrected chi connectivity index (χ0v) is 19.3. The number of alkyl halides is 3. The predicted octanol–water partition coefficient (Wildman–Crippen LogP) is 4.71. The van der Waals surface area contributed by atoms with E-state index in [1.165, 1.54) is 54.8 Å². The molecule has 0 bridgehead atoms. The van der Waals surface area contributed by atoms with Crippen LogP contribution in [0.15, 0.2) is 54.0 Å². The van der Waals surface area contributed by atoms with Gasteiger partial charge in [-0.25, -0.2) is 4.98 Å². The molecule has 1 saturated heterocycles. The highest BCUT2D eigenvalue weighted by atomic mass is 32.2. The highest BCUT2D eigenvalue weighted by Crippen LogP contribution is 2.41. The van der Waals surface area contributed by atoms with E-state index in [2.05, 4.69) is 10.1 Å². The normalized spacial score (nSPS) is 14.9. The maximum Gasteiger partial charge on any atom is 0.420 e. The molecule has 1 fully saturated rings. The largest absolute Gasteiger partial charge is 0.493 e. The van der Waals surface area contributed by atoms with Gasteiger partial charge in [0.15, 0.2) is 11.5 Å². The van der Waals surface area contributed by atoms with E-state index >= 15 is 0 Å². The second kappa shape index (κ2) is 10.1. The first-order chi connectivity index (χ1) is 17.2. The Morgan fingerprint density at radius 3 is 2.56 bits per heavy atom. The van der Waals surface area contributed by atoms with Crippen LogP contribution in [0.4, 0.5) is 18.0 Å². The number of ether oxygens (including phenoxy) is 2. The number of thioether (sulfide) groups is 1. The van der Waals surface area contributed by atoms with Crippen LogP contribution in [-0.2, 0) is 17.5 Å². The van der Waals surface area contributed by atoms with Gasteiger partial charge in [-0.2, -0.15) is 23.5 Å². The summed E-state index contributed by atoms with van der Waals surface area (Å²) in [5, 5.41) is 12.4. The van der Waals surface area contributed by atoms with Gasteiger partial charge in [-0.05, 0) is 53.7 Å². The first kappa shape index (κ1) is 24.8. The molecule has 0 radical (unpaired) electrons. The summed E-state index contributed by atoms with van der Waals surface area (Å²) in [6, 6.07) is 9.01. The number of halogens is 3. The molecule has 4 rings (SSSR count). The van der Waals surface area contributed by atoms with Crippen molar-refractivity contribution in [1.29, 1.82) is 5.26 Å². The molecule has 36 heavy (non-hydrogen) atoms. The molecule has 3 aromatic rings. The average molecular weight is 515 g/mol. The van der Waals surface area contributed by atoms with Crippen LogP contribution in [0.25, 0.3) is 6.08 Å². The smallest absolute Gasteiger partial charge is 0.420 e. The topological polar surface area (TPSA) is 110 Å². The monoisotopic (exact) mass is 515 g/mol. The summed E-state index contributed by atoms with van der Waals surface area (Å²) in [7, 11) is 1.31. The molecular formula is C23H16F3N5O4S. The molecule has 0 unspecified atom stereocenters. The summed E-state index contributed by atoms with van der Waals surface area (Å²) < 4.78 is 52.7. The summed E-state index contributed by atoms with van der Waals surface area (Å²) in [5.41, 5.74) is -0.795. The van der Waals surface area contributed by atoms with Crippen molar-refractivity contribution in [2.45, 2.75) is 12.7 Å². The molecule has 184 valence electrons. The lowest BCUT2D eigenvalue weighted by atomic mass is 10.1. The minimum Gasteiger partial charge on any atom is -0.493 e. The minimum absolute atomic E-state index is 0.00852. The number of imide groups is 1. The van der Waals surface area contributed by atoms with Crippen molar-refractivity contribution in [2.24, 2.45) is 0 Å². The first-order valence-corrected chi connectivity index (χ1v) is 11.1. The molecule has 1 aliphatic heterocycles. The van der Waals surface area contributed by atoms with Gasteiger partial charge in [-0.1, -0.05) is 6.07 Å². The first-order valence-electron chi connectivity index (χ1n) is 10.2. The number of nitrogens with zero attached hydrogens (tertiary/aromatic N) is 5. The van der Waals surface area contributed by atoms with Gasteiger partial charge in [0, 0.05) is 6.54 Å². The molecule has 1 aromatic heterocycles. The van der Waals surface area contributed by atoms with E-state index in [-0.39, 0.29) is 28.5 Å². The number of carbonyl (C=O) groups excluding carboxylic acids is 2. The summed E-state index contributed by atoms with van der Waals surface area (Å²) in [6.45, 7) is 0.411. The number of amides is 2. The third-order valence-electron chi connectivity index (χ3n) is 5.01. The van der Waals surface area contributed by atoms with Crippen LogP contribution in [0.2, 0.25) is 0 Å². The zero-order valence-electron chi connectivity index (χ0n) is 18.5. The molecule has 1 aliphatic rings. The van der Waals surface area contributed by atoms with Gasteiger partial charge >= 0.3 is 6.18 Å². The summed E-state index contributed by atoms with van der Waals surface area (Å²) >= 11 is 0.772. The van der Waals surface area contributed by atoms with Crippen LogP contribution in [-0.4, -0.2) is 44.5 Å². The number of hydrogen-bond acceptors (Lipinski definition) is 8. The van der Waals surface area contributed by atoms with Gasteiger partial charge in [-0.15, -0.1) is 0 Å². The highest BCUT2D eigenvalue weighted by molar-refractivity contribution is 8.18. The molecule has 9 nitrogen and oxygen atoms in total. The zero-order chi connectivity index (χ0) is 25.9. The van der Waals surface area contributed by atoms with Crippen molar-refractivity contribution < 1.29 is 32.2 Å². The Bertz CT molecular complexity index is 1380. The molecule has 2 aromatic carbocycles. The van der Waals surface area contributed by atoms with Gasteiger partial charge in [0.25, 0.3) is 11.1 Å². The molecule has 0 atom stereocenters. The number of nitriles is 1. The average Bonchev–Trinajstić information content (AvgIpc) is 3.46. The second-order valence-corrected chi connectivity index (χ2v) is 8.32. The van der Waals surface area contributed by atoms with Crippen molar-refractivity contribution in [3.05, 3.63) is 70.6 Å². The van der Waals surface area contributed by atoms with Crippen LogP contribution in [0.3, 0.4) is 0 Å². The maximum atomic E-state index is 13.5. The molecular weight excluding hydrogens is 499 g/mol. The quantitative estimate of drug-likeness (QED) is 0.416. The van der Waals surface area contributed by atoms with Crippen LogP contribution in [0, 0.1) is 11.3 Å². The standard InChI is InChI=1S/C23H16F3N5O4S/c1-34-19-9-14(10-20-21(32)31(22(33)36-20)7-6-30-13-28-12-29-30)2-5-18(19)35-17-4-3-15(11-27)8-16(17)23(24,25)26/h2-5,8-10,12-13H,6-7H2,1H3. The van der Waals surface area contributed by atoms with Gasteiger partial charge in [0.1, 0.15) is 18.4 Å². The van der Waals surface area contributed by atoms with Crippen LogP contribution in [0.5, 0.6) is 17.2 Å². The van der Waals surface area contributed by atoms with Crippen LogP contribution >= 0.6 is 11.8 Å². The fourth-order valence-electron chi connectivity index (χ4n) is 3.28. The van der Waals surface area contributed by atoms with Crippen molar-refractivity contribution in [3.8, 4) is 23.3 Å². The van der Waals surface area contributed by atoms with Gasteiger partial charge in [0.2, 0.25) is 0 Å². The summed E-state index contributed by atoms with van der Waals surface area (Å²) in [5.74, 6) is -0.879. The molecule has 0 saturated carbocycles. The number of hydrogen-bond donors (Lipinski definition) is 0. The second-order valence-electron chi connectivity index (χ2n) is 7.32. The van der Waals surface area contributed by atoms with Gasteiger partial charge in [0.05, 0.1) is 35.8 Å². The fourth-order valence-corrected chi connectivity index (χ4v) is 4.15. The van der Waals surface area contributed by atoms with E-state index in [9.17, 15) is 22.8 Å². The van der Waals surface area contributed by atoms with Gasteiger partial charge < -0.3 is 9.47 Å². The molecule has 0 N–H and O–H groups in total. The third-order valence-corrected chi connectivity index (χ3v) is 5.92. The van der Waals surface area contributed by atoms with E-state index in [4.69, 9.17) is 14.7 Å². The number of rotatable bonds is 7. The lowest BCUT2D eigenvalue weighted by Gasteiger charge is -2.16. The molecule has 2 heterocycles. The van der Waals surface area contributed by atoms with E-state index in [0.29, 0.717) is 18.2 Å². The van der Waals surface area contributed by atoms with Crippen LogP contribution < -0.4 is 9.47 Å². The van der Waals surface area contributed by atoms with Gasteiger partial charge in [-0.3, -0.25) is 19.2 Å². The number of methoxy groups -OCH3 is 1. The Morgan fingerprint density at radius 2 is 1.89 bits per heavy atom. The lowest BCUT2D eigenvalue weighted by Crippen LogP contribution is -2.31. The summed E-state index contributed by atoms with van der Waals surface area (Å²) in [6.07, 6.45) is -0.443. The Labute approximate surface area is 206 Å².